The molecule has 0 aliphatic heterocycles. The van der Waals surface area contributed by atoms with Gasteiger partial charge in [-0.15, -0.1) is 0 Å². The summed E-state index contributed by atoms with van der Waals surface area (Å²) < 4.78 is 5.05. The maximum absolute atomic E-state index is 5.37. The molecule has 3 aromatic heterocycles. The quantitative estimate of drug-likeness (QED) is 0.175. The normalized spacial score (nSPS) is 13.1. The fourth-order valence-corrected chi connectivity index (χ4v) is 10.00. The van der Waals surface area contributed by atoms with E-state index in [1.54, 1.807) is 0 Å². The summed E-state index contributed by atoms with van der Waals surface area (Å²) in [5, 5.41) is 5.01. The van der Waals surface area contributed by atoms with Gasteiger partial charge in [-0.25, -0.2) is 9.97 Å². The first-order valence-corrected chi connectivity index (χ1v) is 20.4. The van der Waals surface area contributed by atoms with Crippen molar-refractivity contribution >= 4 is 43.6 Å². The molecule has 0 unspecified atom stereocenters. The van der Waals surface area contributed by atoms with Crippen LogP contribution in [0.25, 0.3) is 100 Å². The second kappa shape index (κ2) is 12.7. The Hall–Kier alpha value is -7.56. The van der Waals surface area contributed by atoms with Crippen LogP contribution in [0.5, 0.6) is 0 Å². The highest BCUT2D eigenvalue weighted by molar-refractivity contribution is 6.31. The van der Waals surface area contributed by atoms with E-state index in [4.69, 9.17) is 9.97 Å². The molecular formula is C55H38N4. The molecule has 278 valence electrons. The average molecular weight is 755 g/mol. The summed E-state index contributed by atoms with van der Waals surface area (Å²) in [7, 11) is 0. The van der Waals surface area contributed by atoms with E-state index in [0.29, 0.717) is 5.82 Å². The lowest BCUT2D eigenvalue weighted by Gasteiger charge is -2.23. The van der Waals surface area contributed by atoms with E-state index in [0.717, 1.165) is 45.0 Å². The van der Waals surface area contributed by atoms with Crippen LogP contribution in [0.4, 0.5) is 0 Å². The maximum Gasteiger partial charge on any atom is 0.160 e. The summed E-state index contributed by atoms with van der Waals surface area (Å²) in [4.78, 5) is 10.5. The van der Waals surface area contributed by atoms with Crippen LogP contribution >= 0.6 is 0 Å². The molecule has 4 nitrogen and oxygen atoms in total. The van der Waals surface area contributed by atoms with E-state index < -0.39 is 0 Å². The van der Waals surface area contributed by atoms with Crippen molar-refractivity contribution in [3.63, 3.8) is 0 Å². The van der Waals surface area contributed by atoms with Gasteiger partial charge >= 0.3 is 0 Å². The largest absolute Gasteiger partial charge is 0.309 e. The van der Waals surface area contributed by atoms with Crippen LogP contribution in [0.2, 0.25) is 0 Å². The zero-order valence-electron chi connectivity index (χ0n) is 32.8. The summed E-state index contributed by atoms with van der Waals surface area (Å²) in [5.41, 5.74) is 16.9. The zero-order valence-corrected chi connectivity index (χ0v) is 32.8. The number of benzene rings is 8. The lowest BCUT2D eigenvalue weighted by molar-refractivity contribution is 0.667. The molecule has 0 fully saturated rings. The van der Waals surface area contributed by atoms with Crippen LogP contribution in [0, 0.1) is 0 Å². The van der Waals surface area contributed by atoms with Gasteiger partial charge in [0, 0.05) is 54.9 Å². The molecule has 0 saturated carbocycles. The minimum absolute atomic E-state index is 0.271. The van der Waals surface area contributed by atoms with Gasteiger partial charge in [-0.3, -0.25) is 0 Å². The Kier molecular flexibility index (Phi) is 7.24. The first kappa shape index (κ1) is 33.6. The molecule has 8 aromatic carbocycles. The molecule has 59 heavy (non-hydrogen) atoms. The van der Waals surface area contributed by atoms with Gasteiger partial charge in [0.25, 0.3) is 0 Å². The molecule has 1 aliphatic rings. The molecule has 0 amide bonds. The molecule has 0 bridgehead atoms. The van der Waals surface area contributed by atoms with Crippen molar-refractivity contribution in [2.45, 2.75) is 19.3 Å². The minimum atomic E-state index is -0.271. The monoisotopic (exact) mass is 754 g/mol. The summed E-state index contributed by atoms with van der Waals surface area (Å²) >= 11 is 0. The Bertz CT molecular complexity index is 3390. The topological polar surface area (TPSA) is 35.6 Å². The lowest BCUT2D eigenvalue weighted by Crippen LogP contribution is -2.15. The van der Waals surface area contributed by atoms with Gasteiger partial charge in [0.05, 0.1) is 39.1 Å². The van der Waals surface area contributed by atoms with Crippen LogP contribution in [0.1, 0.15) is 25.0 Å². The first-order valence-electron chi connectivity index (χ1n) is 20.4. The third-order valence-electron chi connectivity index (χ3n) is 12.5. The van der Waals surface area contributed by atoms with Gasteiger partial charge in [0.15, 0.2) is 5.82 Å². The van der Waals surface area contributed by atoms with E-state index in [-0.39, 0.29) is 5.41 Å². The van der Waals surface area contributed by atoms with Gasteiger partial charge < -0.3 is 9.13 Å². The number of rotatable bonds is 5. The van der Waals surface area contributed by atoms with E-state index in [1.807, 2.05) is 12.1 Å². The number of para-hydroxylation sites is 4. The number of hydrogen-bond donors (Lipinski definition) is 0. The van der Waals surface area contributed by atoms with Gasteiger partial charge in [-0.1, -0.05) is 172 Å². The van der Waals surface area contributed by atoms with Crippen molar-refractivity contribution in [2.75, 3.05) is 0 Å². The molecule has 12 rings (SSSR count). The van der Waals surface area contributed by atoms with Crippen LogP contribution in [-0.4, -0.2) is 19.1 Å². The van der Waals surface area contributed by atoms with E-state index >= 15 is 0 Å². The lowest BCUT2D eigenvalue weighted by atomic mass is 9.80. The molecule has 1 aliphatic carbocycles. The smallest absolute Gasteiger partial charge is 0.160 e. The fraction of sp³-hybridized carbons (Fsp3) is 0.0545. The maximum atomic E-state index is 5.37. The second-order valence-corrected chi connectivity index (χ2v) is 16.1. The van der Waals surface area contributed by atoms with Gasteiger partial charge in [0.2, 0.25) is 0 Å². The molecule has 0 saturated heterocycles. The van der Waals surface area contributed by atoms with Crippen LogP contribution in [0.15, 0.2) is 194 Å². The Balaban J connectivity index is 1.28. The van der Waals surface area contributed by atoms with Crippen molar-refractivity contribution in [2.24, 2.45) is 0 Å². The highest BCUT2D eigenvalue weighted by Crippen LogP contribution is 2.58. The van der Waals surface area contributed by atoms with Crippen molar-refractivity contribution in [1.29, 1.82) is 0 Å². The van der Waals surface area contributed by atoms with E-state index in [9.17, 15) is 0 Å². The molecule has 0 N–H and O–H groups in total. The third-order valence-corrected chi connectivity index (χ3v) is 12.5. The van der Waals surface area contributed by atoms with Crippen LogP contribution in [-0.2, 0) is 5.41 Å². The number of hydrogen-bond acceptors (Lipinski definition) is 2. The molecule has 3 heterocycles. The fourth-order valence-electron chi connectivity index (χ4n) is 10.00. The Morgan fingerprint density at radius 2 is 0.983 bits per heavy atom. The number of aromatic nitrogens is 4. The molecular weight excluding hydrogens is 717 g/mol. The molecule has 0 spiro atoms. The predicted octanol–water partition coefficient (Wildman–Crippen LogP) is 14.0. The van der Waals surface area contributed by atoms with Gasteiger partial charge in [-0.2, -0.15) is 0 Å². The van der Waals surface area contributed by atoms with Crippen molar-refractivity contribution in [3.8, 4) is 56.4 Å². The standard InChI is InChI=1S/C55H38N4/c1-55(2)42-30-16-12-26-38(42)48-51(55)49-40-28-14-19-33-47(40)59(53(49)50-41-29-15-18-32-46(41)58(52(48)50)37-24-10-5-11-25-37)45-31-17-13-27-39(45)44-34-43(35-20-6-3-7-21-35)56-54(57-44)36-22-8-4-9-23-36/h3-34H,1-2H3. The van der Waals surface area contributed by atoms with Crippen molar-refractivity contribution < 1.29 is 0 Å². The molecule has 4 heteroatoms. The van der Waals surface area contributed by atoms with Crippen molar-refractivity contribution in [1.82, 2.24) is 19.1 Å². The molecule has 0 atom stereocenters. The summed E-state index contributed by atoms with van der Waals surface area (Å²) in [6, 6.07) is 69.6. The van der Waals surface area contributed by atoms with E-state index in [1.165, 1.54) is 60.3 Å². The predicted molar refractivity (Wildman–Crippen MR) is 245 cm³/mol. The number of fused-ring (bicyclic) bond motifs is 12. The van der Waals surface area contributed by atoms with Gasteiger partial charge in [-0.05, 0) is 53.1 Å². The van der Waals surface area contributed by atoms with Gasteiger partial charge in [0.1, 0.15) is 0 Å². The highest BCUT2D eigenvalue weighted by Gasteiger charge is 2.41. The molecule has 0 radical (unpaired) electrons. The summed E-state index contributed by atoms with van der Waals surface area (Å²) in [6.45, 7) is 4.82. The second-order valence-electron chi connectivity index (χ2n) is 16.1. The minimum Gasteiger partial charge on any atom is -0.309 e. The first-order chi connectivity index (χ1) is 29.1. The van der Waals surface area contributed by atoms with Crippen molar-refractivity contribution in [3.05, 3.63) is 205 Å². The van der Waals surface area contributed by atoms with E-state index in [2.05, 4.69) is 205 Å². The van der Waals surface area contributed by atoms with Crippen LogP contribution in [0.3, 0.4) is 0 Å². The zero-order chi connectivity index (χ0) is 39.2. The average Bonchev–Trinajstić information content (AvgIpc) is 3.90. The number of nitrogens with zero attached hydrogens (tertiary/aromatic N) is 4. The Morgan fingerprint density at radius 3 is 1.71 bits per heavy atom. The van der Waals surface area contributed by atoms with Crippen LogP contribution < -0.4 is 0 Å². The SMILES string of the molecule is CC1(C)c2ccccc2-c2c1c1c3ccccc3n(-c3ccccc3-c3cc(-c4ccccc4)nc(-c4ccccc4)n3)c1c1c3ccccc3n(-c3ccccc3)c21. The molecule has 11 aromatic rings. The summed E-state index contributed by atoms with van der Waals surface area (Å²) in [6.07, 6.45) is 0. The third kappa shape index (κ3) is 4.84. The Morgan fingerprint density at radius 1 is 0.441 bits per heavy atom. The highest BCUT2D eigenvalue weighted by atomic mass is 15.0. The Labute approximate surface area is 342 Å². The summed E-state index contributed by atoms with van der Waals surface area (Å²) in [5.74, 6) is 0.699.